The Balaban J connectivity index is -0.000000492. The number of unbranched alkanes of at least 4 members (excludes halogenated alkanes) is 8. The molecule has 0 aliphatic carbocycles. The van der Waals surface area contributed by atoms with Gasteiger partial charge in [-0.25, -0.2) is 13.2 Å². The Hall–Kier alpha value is -0.440. The summed E-state index contributed by atoms with van der Waals surface area (Å²) in [6.07, 6.45) is 16.8. The third kappa shape index (κ3) is 28.8. The van der Waals surface area contributed by atoms with Crippen LogP contribution in [0.25, 0.3) is 0 Å². The van der Waals surface area contributed by atoms with E-state index in [-0.39, 0.29) is 17.4 Å². The first-order valence-electron chi connectivity index (χ1n) is 17.7. The summed E-state index contributed by atoms with van der Waals surface area (Å²) in [7, 11) is 0. The molecule has 4 nitrogen and oxygen atoms in total. The lowest BCUT2D eigenvalue weighted by molar-refractivity contribution is 0.0682. The molecule has 0 aromatic heterocycles. The highest BCUT2D eigenvalue weighted by molar-refractivity contribution is 4.83. The summed E-state index contributed by atoms with van der Waals surface area (Å²) in [5, 5.41) is 17.7. The van der Waals surface area contributed by atoms with E-state index in [9.17, 15) is 13.2 Å². The predicted molar refractivity (Wildman–Crippen MR) is 175 cm³/mol. The highest BCUT2D eigenvalue weighted by Crippen LogP contribution is 2.29. The van der Waals surface area contributed by atoms with Gasteiger partial charge in [0.2, 0.25) is 0 Å². The molecule has 0 bridgehead atoms. The van der Waals surface area contributed by atoms with E-state index < -0.39 is 24.6 Å². The molecule has 43 heavy (non-hydrogen) atoms. The number of rotatable bonds is 22. The molecule has 8 unspecified atom stereocenters. The molecule has 264 valence electrons. The van der Waals surface area contributed by atoms with Gasteiger partial charge in [0.15, 0.2) is 0 Å². The summed E-state index contributed by atoms with van der Waals surface area (Å²) >= 11 is 0. The van der Waals surface area contributed by atoms with Gasteiger partial charge in [-0.15, -0.1) is 0 Å². The molecule has 0 spiro atoms. The summed E-state index contributed by atoms with van der Waals surface area (Å²) in [5.41, 5.74) is 0. The second kappa shape index (κ2) is 32.9. The molecule has 2 aliphatic rings. The molecular formula is C35H72F4O4. The van der Waals surface area contributed by atoms with E-state index in [2.05, 4.69) is 34.6 Å². The normalized spacial score (nSPS) is 22.6. The topological polar surface area (TPSA) is 65.5 Å². The fourth-order valence-corrected chi connectivity index (χ4v) is 4.64. The summed E-state index contributed by atoms with van der Waals surface area (Å²) in [4.78, 5) is 0. The Morgan fingerprint density at radius 1 is 0.535 bits per heavy atom. The van der Waals surface area contributed by atoms with Crippen LogP contribution in [-0.4, -0.2) is 65.9 Å². The maximum absolute atomic E-state index is 12.9. The van der Waals surface area contributed by atoms with Crippen LogP contribution in [0.5, 0.6) is 0 Å². The van der Waals surface area contributed by atoms with Crippen molar-refractivity contribution in [2.45, 2.75) is 219 Å². The maximum Gasteiger partial charge on any atom is 0.131 e. The van der Waals surface area contributed by atoms with Crippen molar-refractivity contribution in [3.63, 3.8) is 0 Å². The molecule has 2 N–H and O–H groups in total. The summed E-state index contributed by atoms with van der Waals surface area (Å²) in [5.74, 6) is 0. The van der Waals surface area contributed by atoms with Crippen molar-refractivity contribution >= 4 is 0 Å². The second-order valence-corrected chi connectivity index (χ2v) is 11.9. The molecule has 0 saturated carbocycles. The van der Waals surface area contributed by atoms with Crippen LogP contribution in [-0.2, 0) is 9.47 Å². The number of alkyl halides is 3. The lowest BCUT2D eigenvalue weighted by atomic mass is 10.1. The van der Waals surface area contributed by atoms with E-state index in [0.29, 0.717) is 44.0 Å². The average molecular weight is 633 g/mol. The van der Waals surface area contributed by atoms with E-state index in [1.165, 1.54) is 51.4 Å². The zero-order valence-corrected chi connectivity index (χ0v) is 29.0. The first-order valence-corrected chi connectivity index (χ1v) is 17.7. The second-order valence-electron chi connectivity index (χ2n) is 11.9. The van der Waals surface area contributed by atoms with Crippen LogP contribution in [0.15, 0.2) is 0 Å². The third-order valence-electron chi connectivity index (χ3n) is 7.93. The van der Waals surface area contributed by atoms with Gasteiger partial charge in [-0.05, 0) is 44.9 Å². The van der Waals surface area contributed by atoms with Gasteiger partial charge < -0.3 is 19.7 Å². The average Bonchev–Trinajstić information content (AvgIpc) is 3.94. The van der Waals surface area contributed by atoms with Gasteiger partial charge in [0.05, 0.1) is 31.0 Å². The fraction of sp³-hybridized carbons (Fsp3) is 1.00. The molecule has 2 aliphatic heterocycles. The predicted octanol–water partition coefficient (Wildman–Crippen LogP) is 10.6. The molecular weight excluding hydrogens is 560 g/mol. The Kier molecular flexibility index (Phi) is 36.0. The van der Waals surface area contributed by atoms with E-state index in [1.807, 2.05) is 0 Å². The van der Waals surface area contributed by atoms with Gasteiger partial charge in [-0.3, -0.25) is 4.70 Å². The third-order valence-corrected chi connectivity index (χ3v) is 7.93. The first kappa shape index (κ1) is 47.0. The quantitative estimate of drug-likeness (QED) is 0.0708. The number of aliphatic hydroxyl groups is 2. The standard InChI is InChI=1S/C9H18F2.C9H19FO.C9H18O.C8H16O2.FH/c1-3-5-6-7-9(11)8(10)4-2;1-3-5-6-7-8(10)9(11)4-2;1-3-5-6-7-9-8(4-2)10-9;1-2-3-4-5-7-8(6-9)10-7;/h8-9H,3-7H2,1-2H3;8-9,11H,3-7H2,1-2H3;8-9H,3-7H2,1-2H3;7-9H,2-6H2,1H3;1H. The van der Waals surface area contributed by atoms with Gasteiger partial charge in [-0.2, -0.15) is 0 Å². The lowest BCUT2D eigenvalue weighted by Gasteiger charge is -2.12. The Morgan fingerprint density at radius 3 is 1.30 bits per heavy atom. The van der Waals surface area contributed by atoms with Gasteiger partial charge >= 0.3 is 0 Å². The molecule has 2 saturated heterocycles. The minimum atomic E-state index is -1.24. The number of aliphatic hydroxyl groups excluding tert-OH is 2. The summed E-state index contributed by atoms with van der Waals surface area (Å²) in [6, 6.07) is 0. The Morgan fingerprint density at radius 2 is 0.953 bits per heavy atom. The van der Waals surface area contributed by atoms with Crippen molar-refractivity contribution in [3.8, 4) is 0 Å². The molecule has 0 radical (unpaired) electrons. The number of hydrogen-bond donors (Lipinski definition) is 2. The molecule has 8 heteroatoms. The van der Waals surface area contributed by atoms with Crippen molar-refractivity contribution in [1.82, 2.24) is 0 Å². The molecule has 8 atom stereocenters. The van der Waals surface area contributed by atoms with E-state index >= 15 is 0 Å². The van der Waals surface area contributed by atoms with Gasteiger partial charge in [0.1, 0.15) is 24.6 Å². The van der Waals surface area contributed by atoms with Crippen molar-refractivity contribution in [2.75, 3.05) is 6.61 Å². The van der Waals surface area contributed by atoms with Crippen LogP contribution in [0.4, 0.5) is 17.9 Å². The number of ether oxygens (including phenoxy) is 2. The SMILES string of the molecule is CCCCCC(F)C(F)CC.CCCCCC(F)C(O)CC.CCCCCC1OC1CC.CCCCCC1OC1CO.F. The lowest BCUT2D eigenvalue weighted by Crippen LogP contribution is -2.20. The zero-order valence-electron chi connectivity index (χ0n) is 29.0. The van der Waals surface area contributed by atoms with Crippen LogP contribution in [0.1, 0.15) is 170 Å². The molecule has 0 aromatic carbocycles. The van der Waals surface area contributed by atoms with Gasteiger partial charge in [-0.1, -0.05) is 126 Å². The van der Waals surface area contributed by atoms with Crippen LogP contribution in [0.3, 0.4) is 0 Å². The summed E-state index contributed by atoms with van der Waals surface area (Å²) in [6.45, 7) is 14.5. The van der Waals surface area contributed by atoms with Crippen molar-refractivity contribution < 1.29 is 37.6 Å². The highest BCUT2D eigenvalue weighted by atomic mass is 19.2. The Labute approximate surface area is 263 Å². The largest absolute Gasteiger partial charge is 0.394 e. The van der Waals surface area contributed by atoms with Crippen LogP contribution < -0.4 is 0 Å². The summed E-state index contributed by atoms with van der Waals surface area (Å²) < 4.78 is 48.8. The zero-order chi connectivity index (χ0) is 32.2. The molecule has 2 rings (SSSR count). The van der Waals surface area contributed by atoms with Crippen molar-refractivity contribution in [2.24, 2.45) is 0 Å². The van der Waals surface area contributed by atoms with E-state index in [0.717, 1.165) is 44.9 Å². The monoisotopic (exact) mass is 633 g/mol. The fourth-order valence-electron chi connectivity index (χ4n) is 4.64. The highest BCUT2D eigenvalue weighted by Gasteiger charge is 2.37. The van der Waals surface area contributed by atoms with E-state index in [1.54, 1.807) is 13.8 Å². The molecule has 0 amide bonds. The van der Waals surface area contributed by atoms with Crippen molar-refractivity contribution in [1.29, 1.82) is 0 Å². The number of epoxide rings is 2. The number of halogens is 4. The minimum Gasteiger partial charge on any atom is -0.394 e. The van der Waals surface area contributed by atoms with Crippen LogP contribution in [0.2, 0.25) is 0 Å². The van der Waals surface area contributed by atoms with Crippen LogP contribution >= 0.6 is 0 Å². The molecule has 0 aromatic rings. The Bertz CT molecular complexity index is 500. The maximum atomic E-state index is 12.9. The van der Waals surface area contributed by atoms with Gasteiger partial charge in [0, 0.05) is 0 Å². The van der Waals surface area contributed by atoms with Crippen molar-refractivity contribution in [3.05, 3.63) is 0 Å². The smallest absolute Gasteiger partial charge is 0.131 e. The first-order chi connectivity index (χ1) is 20.2. The minimum absolute atomic E-state index is 0. The molecule has 2 fully saturated rings. The van der Waals surface area contributed by atoms with Crippen LogP contribution in [0, 0.1) is 0 Å². The molecule has 2 heterocycles. The van der Waals surface area contributed by atoms with Gasteiger partial charge in [0.25, 0.3) is 0 Å². The number of hydrogen-bond acceptors (Lipinski definition) is 4. The van der Waals surface area contributed by atoms with E-state index in [4.69, 9.17) is 19.7 Å².